The van der Waals surface area contributed by atoms with Crippen LogP contribution in [-0.4, -0.2) is 22.0 Å². The number of ether oxygens (including phenoxy) is 1. The molecular weight excluding hydrogens is 156 g/mol. The van der Waals surface area contributed by atoms with Crippen molar-refractivity contribution < 1.29 is 9.53 Å². The van der Waals surface area contributed by atoms with Gasteiger partial charge in [-0.15, -0.1) is 0 Å². The molecule has 4 heteroatoms. The number of hydrogen-bond donors (Lipinski definition) is 0. The number of nitrogens with zero attached hydrogens (tertiary/aromatic N) is 2. The zero-order chi connectivity index (χ0) is 8.39. The molecule has 1 heterocycles. The van der Waals surface area contributed by atoms with E-state index in [0.29, 0.717) is 5.56 Å². The maximum atomic E-state index is 11.2. The van der Waals surface area contributed by atoms with Crippen LogP contribution in [0.2, 0.25) is 0 Å². The number of carbonyl (C=O) groups is 1. The monoisotopic (exact) mass is 164 g/mol. The maximum absolute atomic E-state index is 11.2. The Hall–Kier alpha value is -1.45. The largest absolute Gasteiger partial charge is 0.459 e. The smallest absolute Gasteiger partial charge is 0.341 e. The number of esters is 1. The van der Waals surface area contributed by atoms with Crippen LogP contribution in [-0.2, 0) is 4.74 Å². The Morgan fingerprint density at radius 2 is 2.08 bits per heavy atom. The van der Waals surface area contributed by atoms with Gasteiger partial charge in [0, 0.05) is 12.4 Å². The second-order valence-corrected chi connectivity index (χ2v) is 2.73. The Labute approximate surface area is 69.6 Å². The lowest BCUT2D eigenvalue weighted by Gasteiger charge is -1.99. The van der Waals surface area contributed by atoms with Crippen molar-refractivity contribution in [2.24, 2.45) is 0 Å². The molecule has 1 aromatic heterocycles. The van der Waals surface area contributed by atoms with Crippen LogP contribution >= 0.6 is 0 Å². The standard InChI is InChI=1S/C8H8N2O2/c11-8(12-7-1-2-7)6-3-9-5-10-4-6/h3-5,7H,1-2H2. The minimum Gasteiger partial charge on any atom is -0.459 e. The van der Waals surface area contributed by atoms with Gasteiger partial charge in [0.15, 0.2) is 0 Å². The lowest BCUT2D eigenvalue weighted by atomic mass is 10.3. The third-order valence-electron chi connectivity index (χ3n) is 1.59. The van der Waals surface area contributed by atoms with E-state index in [1.807, 2.05) is 0 Å². The fourth-order valence-electron chi connectivity index (χ4n) is 0.810. The van der Waals surface area contributed by atoms with Crippen molar-refractivity contribution >= 4 is 5.97 Å². The summed E-state index contributed by atoms with van der Waals surface area (Å²) >= 11 is 0. The van der Waals surface area contributed by atoms with E-state index in [0.717, 1.165) is 12.8 Å². The van der Waals surface area contributed by atoms with Gasteiger partial charge < -0.3 is 4.74 Å². The van der Waals surface area contributed by atoms with Gasteiger partial charge in [-0.2, -0.15) is 0 Å². The van der Waals surface area contributed by atoms with Crippen LogP contribution in [0.3, 0.4) is 0 Å². The van der Waals surface area contributed by atoms with E-state index in [9.17, 15) is 4.79 Å². The highest BCUT2D eigenvalue weighted by atomic mass is 16.5. The third-order valence-corrected chi connectivity index (χ3v) is 1.59. The van der Waals surface area contributed by atoms with Gasteiger partial charge in [0.05, 0.1) is 5.56 Å². The summed E-state index contributed by atoms with van der Waals surface area (Å²) in [6.45, 7) is 0. The highest BCUT2D eigenvalue weighted by Gasteiger charge is 2.26. The Balaban J connectivity index is 2.03. The summed E-state index contributed by atoms with van der Waals surface area (Å²) in [5, 5.41) is 0. The molecule has 0 aromatic carbocycles. The number of rotatable bonds is 2. The summed E-state index contributed by atoms with van der Waals surface area (Å²) in [4.78, 5) is 18.6. The third kappa shape index (κ3) is 1.58. The summed E-state index contributed by atoms with van der Waals surface area (Å²) < 4.78 is 5.03. The topological polar surface area (TPSA) is 52.1 Å². The predicted molar refractivity (Wildman–Crippen MR) is 40.5 cm³/mol. The summed E-state index contributed by atoms with van der Waals surface area (Å²) in [6, 6.07) is 0. The second-order valence-electron chi connectivity index (χ2n) is 2.73. The first-order chi connectivity index (χ1) is 5.86. The molecule has 2 rings (SSSR count). The first kappa shape index (κ1) is 7.21. The molecule has 0 aliphatic heterocycles. The molecule has 0 unspecified atom stereocenters. The molecule has 1 fully saturated rings. The Bertz CT molecular complexity index is 282. The predicted octanol–water partition coefficient (Wildman–Crippen LogP) is 0.796. The van der Waals surface area contributed by atoms with Crippen LogP contribution in [0, 0.1) is 0 Å². The average molecular weight is 164 g/mol. The second kappa shape index (κ2) is 2.89. The average Bonchev–Trinajstić information content (AvgIpc) is 2.90. The van der Waals surface area contributed by atoms with Crippen LogP contribution in [0.5, 0.6) is 0 Å². The van der Waals surface area contributed by atoms with Crippen LogP contribution in [0.15, 0.2) is 18.7 Å². The Morgan fingerprint density at radius 1 is 1.42 bits per heavy atom. The minimum absolute atomic E-state index is 0.137. The molecule has 62 valence electrons. The zero-order valence-corrected chi connectivity index (χ0v) is 6.43. The SMILES string of the molecule is O=C(OC1CC1)c1cncnc1. The normalized spacial score (nSPS) is 15.7. The molecule has 1 aromatic rings. The summed E-state index contributed by atoms with van der Waals surface area (Å²) in [5.41, 5.74) is 0.421. The van der Waals surface area contributed by atoms with Gasteiger partial charge in [0.1, 0.15) is 12.4 Å². The van der Waals surface area contributed by atoms with Crippen LogP contribution in [0.1, 0.15) is 23.2 Å². The molecular formula is C8H8N2O2. The van der Waals surface area contributed by atoms with Crippen molar-refractivity contribution in [3.8, 4) is 0 Å². The quantitative estimate of drug-likeness (QED) is 0.606. The van der Waals surface area contributed by atoms with Crippen LogP contribution in [0.4, 0.5) is 0 Å². The van der Waals surface area contributed by atoms with E-state index in [4.69, 9.17) is 4.74 Å². The lowest BCUT2D eigenvalue weighted by Crippen LogP contribution is -2.07. The lowest BCUT2D eigenvalue weighted by molar-refractivity contribution is 0.0471. The van der Waals surface area contributed by atoms with Gasteiger partial charge in [-0.25, -0.2) is 14.8 Å². The maximum Gasteiger partial charge on any atom is 0.341 e. The van der Waals surface area contributed by atoms with Gasteiger partial charge >= 0.3 is 5.97 Å². The first-order valence-electron chi connectivity index (χ1n) is 3.82. The molecule has 0 saturated heterocycles. The highest BCUT2D eigenvalue weighted by molar-refractivity contribution is 5.88. The van der Waals surface area contributed by atoms with E-state index < -0.39 is 0 Å². The first-order valence-corrected chi connectivity index (χ1v) is 3.82. The molecule has 1 aliphatic carbocycles. The van der Waals surface area contributed by atoms with Crippen molar-refractivity contribution in [1.29, 1.82) is 0 Å². The molecule has 0 spiro atoms. The molecule has 0 bridgehead atoms. The van der Waals surface area contributed by atoms with E-state index in [1.54, 1.807) is 0 Å². The summed E-state index contributed by atoms with van der Waals surface area (Å²) in [7, 11) is 0. The Morgan fingerprint density at radius 3 is 2.67 bits per heavy atom. The molecule has 4 nitrogen and oxygen atoms in total. The summed E-state index contributed by atoms with van der Waals surface area (Å²) in [6.07, 6.45) is 6.40. The van der Waals surface area contributed by atoms with Crippen molar-refractivity contribution in [3.05, 3.63) is 24.3 Å². The van der Waals surface area contributed by atoms with E-state index in [-0.39, 0.29) is 12.1 Å². The minimum atomic E-state index is -0.321. The number of hydrogen-bond acceptors (Lipinski definition) is 4. The molecule has 12 heavy (non-hydrogen) atoms. The Kier molecular flexibility index (Phi) is 1.74. The molecule has 0 amide bonds. The van der Waals surface area contributed by atoms with Gasteiger partial charge in [-0.3, -0.25) is 0 Å². The van der Waals surface area contributed by atoms with Gasteiger partial charge in [-0.05, 0) is 12.8 Å². The van der Waals surface area contributed by atoms with Crippen molar-refractivity contribution in [3.63, 3.8) is 0 Å². The fraction of sp³-hybridized carbons (Fsp3) is 0.375. The highest BCUT2D eigenvalue weighted by Crippen LogP contribution is 2.24. The molecule has 0 atom stereocenters. The fourth-order valence-corrected chi connectivity index (χ4v) is 0.810. The zero-order valence-electron chi connectivity index (χ0n) is 6.43. The molecule has 0 radical (unpaired) electrons. The summed E-state index contributed by atoms with van der Waals surface area (Å²) in [5.74, 6) is -0.321. The number of carbonyl (C=O) groups excluding carboxylic acids is 1. The van der Waals surface area contributed by atoms with Gasteiger partial charge in [0.25, 0.3) is 0 Å². The molecule has 0 N–H and O–H groups in total. The van der Waals surface area contributed by atoms with E-state index in [1.165, 1.54) is 18.7 Å². The van der Waals surface area contributed by atoms with Crippen LogP contribution < -0.4 is 0 Å². The van der Waals surface area contributed by atoms with Crippen LogP contribution in [0.25, 0.3) is 0 Å². The van der Waals surface area contributed by atoms with Crippen molar-refractivity contribution in [1.82, 2.24) is 9.97 Å². The van der Waals surface area contributed by atoms with Crippen molar-refractivity contribution in [2.75, 3.05) is 0 Å². The molecule has 1 aliphatic rings. The van der Waals surface area contributed by atoms with E-state index >= 15 is 0 Å². The van der Waals surface area contributed by atoms with E-state index in [2.05, 4.69) is 9.97 Å². The number of aromatic nitrogens is 2. The van der Waals surface area contributed by atoms with Crippen molar-refractivity contribution in [2.45, 2.75) is 18.9 Å². The van der Waals surface area contributed by atoms with Gasteiger partial charge in [-0.1, -0.05) is 0 Å². The van der Waals surface area contributed by atoms with Gasteiger partial charge in [0.2, 0.25) is 0 Å². The molecule has 1 saturated carbocycles.